The van der Waals surface area contributed by atoms with E-state index in [2.05, 4.69) is 43.4 Å². The van der Waals surface area contributed by atoms with Crippen molar-refractivity contribution in [2.24, 2.45) is 5.41 Å². The molecule has 20 heavy (non-hydrogen) atoms. The summed E-state index contributed by atoms with van der Waals surface area (Å²) in [6, 6.07) is 9.09. The number of rotatable bonds is 9. The van der Waals surface area contributed by atoms with Crippen LogP contribution in [-0.2, 0) is 11.2 Å². The molecule has 0 saturated heterocycles. The van der Waals surface area contributed by atoms with Crippen LogP contribution in [0.25, 0.3) is 0 Å². The fourth-order valence-electron chi connectivity index (χ4n) is 2.01. The molecule has 0 atom stereocenters. The summed E-state index contributed by atoms with van der Waals surface area (Å²) < 4.78 is 11.0. The van der Waals surface area contributed by atoms with Gasteiger partial charge in [-0.1, -0.05) is 26.0 Å². The maximum atomic E-state index is 5.91. The summed E-state index contributed by atoms with van der Waals surface area (Å²) in [5.74, 6) is 0.950. The van der Waals surface area contributed by atoms with Crippen LogP contribution in [0, 0.1) is 5.41 Å². The normalized spacial score (nSPS) is 15.3. The van der Waals surface area contributed by atoms with Crippen LogP contribution in [0.15, 0.2) is 24.3 Å². The molecular weight excluding hydrogens is 250 g/mol. The molecule has 0 amide bonds. The Kier molecular flexibility index (Phi) is 5.44. The molecule has 1 aliphatic carbocycles. The summed E-state index contributed by atoms with van der Waals surface area (Å²) in [4.78, 5) is 0. The Balaban J connectivity index is 1.74. The van der Waals surface area contributed by atoms with E-state index >= 15 is 0 Å². The van der Waals surface area contributed by atoms with E-state index in [-0.39, 0.29) is 5.41 Å². The number of hydrogen-bond donors (Lipinski definition) is 1. The Hall–Kier alpha value is -1.06. The lowest BCUT2D eigenvalue weighted by molar-refractivity contribution is 0.176. The smallest absolute Gasteiger partial charge is 0.119 e. The molecule has 1 aromatic carbocycles. The minimum Gasteiger partial charge on any atom is -0.493 e. The first-order valence-electron chi connectivity index (χ1n) is 7.53. The predicted octanol–water partition coefficient (Wildman–Crippen LogP) is 3.03. The van der Waals surface area contributed by atoms with Crippen molar-refractivity contribution in [1.29, 1.82) is 0 Å². The molecule has 1 N–H and O–H groups in total. The molecule has 0 radical (unpaired) electrons. The molecule has 112 valence electrons. The van der Waals surface area contributed by atoms with Crippen LogP contribution >= 0.6 is 0 Å². The van der Waals surface area contributed by atoms with Gasteiger partial charge < -0.3 is 14.8 Å². The highest BCUT2D eigenvalue weighted by atomic mass is 16.5. The van der Waals surface area contributed by atoms with Crippen LogP contribution in [0.1, 0.15) is 32.3 Å². The number of methoxy groups -OCH3 is 1. The topological polar surface area (TPSA) is 30.5 Å². The number of hydrogen-bond acceptors (Lipinski definition) is 3. The van der Waals surface area contributed by atoms with Crippen molar-refractivity contribution in [1.82, 2.24) is 5.32 Å². The molecule has 0 heterocycles. The van der Waals surface area contributed by atoms with Gasteiger partial charge in [0.25, 0.3) is 0 Å². The summed E-state index contributed by atoms with van der Waals surface area (Å²) >= 11 is 0. The fourth-order valence-corrected chi connectivity index (χ4v) is 2.01. The van der Waals surface area contributed by atoms with Gasteiger partial charge in [-0.25, -0.2) is 0 Å². The van der Waals surface area contributed by atoms with Gasteiger partial charge in [-0.15, -0.1) is 0 Å². The van der Waals surface area contributed by atoms with E-state index in [9.17, 15) is 0 Å². The zero-order chi connectivity index (χ0) is 14.4. The van der Waals surface area contributed by atoms with Crippen molar-refractivity contribution in [2.75, 3.05) is 26.9 Å². The van der Waals surface area contributed by atoms with E-state index in [1.165, 1.54) is 18.4 Å². The van der Waals surface area contributed by atoms with E-state index in [4.69, 9.17) is 9.47 Å². The van der Waals surface area contributed by atoms with E-state index in [1.54, 1.807) is 7.11 Å². The first-order valence-corrected chi connectivity index (χ1v) is 7.53. The van der Waals surface area contributed by atoms with Crippen LogP contribution in [0.5, 0.6) is 5.75 Å². The van der Waals surface area contributed by atoms with E-state index in [0.717, 1.165) is 38.0 Å². The summed E-state index contributed by atoms with van der Waals surface area (Å²) in [5.41, 5.74) is 1.45. The van der Waals surface area contributed by atoms with Crippen molar-refractivity contribution in [3.63, 3.8) is 0 Å². The molecule has 0 bridgehead atoms. The number of nitrogens with one attached hydrogen (secondary N) is 1. The molecule has 0 spiro atoms. The minimum atomic E-state index is 0.164. The highest BCUT2D eigenvalue weighted by Gasteiger charge is 2.25. The summed E-state index contributed by atoms with van der Waals surface area (Å²) in [5, 5.41) is 3.57. The van der Waals surface area contributed by atoms with Crippen LogP contribution in [0.3, 0.4) is 0 Å². The monoisotopic (exact) mass is 277 g/mol. The highest BCUT2D eigenvalue weighted by Crippen LogP contribution is 2.23. The largest absolute Gasteiger partial charge is 0.493 e. The SMILES string of the molecule is COCCc1ccc(OCC(C)(C)CNC2CC2)cc1. The lowest BCUT2D eigenvalue weighted by Crippen LogP contribution is -2.35. The lowest BCUT2D eigenvalue weighted by atomic mass is 9.95. The van der Waals surface area contributed by atoms with Crippen molar-refractivity contribution < 1.29 is 9.47 Å². The summed E-state index contributed by atoms with van der Waals surface area (Å²) in [6.45, 7) is 7.01. The Morgan fingerprint density at radius 2 is 1.90 bits per heavy atom. The Labute approximate surface area is 122 Å². The second kappa shape index (κ2) is 7.09. The third-order valence-corrected chi connectivity index (χ3v) is 3.59. The van der Waals surface area contributed by atoms with Crippen molar-refractivity contribution in [3.8, 4) is 5.75 Å². The average Bonchev–Trinajstić information content (AvgIpc) is 3.26. The second-order valence-electron chi connectivity index (χ2n) is 6.49. The molecule has 0 aromatic heterocycles. The maximum Gasteiger partial charge on any atom is 0.119 e. The number of ether oxygens (including phenoxy) is 2. The molecule has 1 fully saturated rings. The van der Waals surface area contributed by atoms with Gasteiger partial charge >= 0.3 is 0 Å². The highest BCUT2D eigenvalue weighted by molar-refractivity contribution is 5.27. The molecule has 2 rings (SSSR count). The minimum absolute atomic E-state index is 0.164. The standard InChI is InChI=1S/C17H27NO2/c1-17(2,12-18-15-6-7-15)13-20-16-8-4-14(5-9-16)10-11-19-3/h4-5,8-9,15,18H,6-7,10-13H2,1-3H3. The third-order valence-electron chi connectivity index (χ3n) is 3.59. The van der Waals surface area contributed by atoms with E-state index in [0.29, 0.717) is 0 Å². The van der Waals surface area contributed by atoms with Gasteiger partial charge in [0.2, 0.25) is 0 Å². The van der Waals surface area contributed by atoms with Crippen molar-refractivity contribution in [3.05, 3.63) is 29.8 Å². The summed E-state index contributed by atoms with van der Waals surface area (Å²) in [6.07, 6.45) is 3.62. The second-order valence-corrected chi connectivity index (χ2v) is 6.49. The third kappa shape index (κ3) is 5.51. The van der Waals surface area contributed by atoms with Gasteiger partial charge in [0.1, 0.15) is 5.75 Å². The van der Waals surface area contributed by atoms with Gasteiger partial charge in [0.05, 0.1) is 13.2 Å². The molecule has 1 aliphatic rings. The van der Waals surface area contributed by atoms with E-state index in [1.807, 2.05) is 0 Å². The molecule has 1 saturated carbocycles. The molecule has 0 aliphatic heterocycles. The maximum absolute atomic E-state index is 5.91. The van der Waals surface area contributed by atoms with Crippen molar-refractivity contribution in [2.45, 2.75) is 39.2 Å². The summed E-state index contributed by atoms with van der Waals surface area (Å²) in [7, 11) is 1.73. The average molecular weight is 277 g/mol. The first kappa shape index (κ1) is 15.3. The zero-order valence-electron chi connectivity index (χ0n) is 12.9. The fraction of sp³-hybridized carbons (Fsp3) is 0.647. The van der Waals surface area contributed by atoms with Crippen LogP contribution in [0.4, 0.5) is 0 Å². The van der Waals surface area contributed by atoms with E-state index < -0.39 is 0 Å². The van der Waals surface area contributed by atoms with Gasteiger partial charge in [-0.05, 0) is 37.0 Å². The van der Waals surface area contributed by atoms with Gasteiger partial charge in [-0.3, -0.25) is 0 Å². The van der Waals surface area contributed by atoms with Crippen LogP contribution in [-0.4, -0.2) is 32.9 Å². The molecule has 1 aromatic rings. The molecule has 0 unspecified atom stereocenters. The zero-order valence-corrected chi connectivity index (χ0v) is 12.9. The van der Waals surface area contributed by atoms with Gasteiger partial charge in [-0.2, -0.15) is 0 Å². The Bertz CT molecular complexity index is 396. The molecule has 3 heteroatoms. The lowest BCUT2D eigenvalue weighted by Gasteiger charge is -2.25. The van der Waals surface area contributed by atoms with Gasteiger partial charge in [0, 0.05) is 25.1 Å². The molecular formula is C17H27NO2. The molecule has 3 nitrogen and oxygen atoms in total. The Morgan fingerprint density at radius 3 is 2.50 bits per heavy atom. The number of benzene rings is 1. The van der Waals surface area contributed by atoms with Gasteiger partial charge in [0.15, 0.2) is 0 Å². The predicted molar refractivity (Wildman–Crippen MR) is 82.3 cm³/mol. The quantitative estimate of drug-likeness (QED) is 0.752. The van der Waals surface area contributed by atoms with Crippen LogP contribution < -0.4 is 10.1 Å². The van der Waals surface area contributed by atoms with Crippen molar-refractivity contribution >= 4 is 0 Å². The van der Waals surface area contributed by atoms with Crippen LogP contribution in [0.2, 0.25) is 0 Å². The first-order chi connectivity index (χ1) is 9.59. The Morgan fingerprint density at radius 1 is 1.20 bits per heavy atom.